The summed E-state index contributed by atoms with van der Waals surface area (Å²) in [5, 5.41) is 12.0. The zero-order valence-corrected chi connectivity index (χ0v) is 10.9. The molecule has 0 spiro atoms. The van der Waals surface area contributed by atoms with Gasteiger partial charge in [-0.1, -0.05) is 25.5 Å². The van der Waals surface area contributed by atoms with Crippen LogP contribution in [-0.2, 0) is 6.54 Å². The Morgan fingerprint density at radius 2 is 2.11 bits per heavy atom. The van der Waals surface area contributed by atoms with Crippen LogP contribution in [0.3, 0.4) is 0 Å². The fraction of sp³-hybridized carbons (Fsp3) is 0.533. The van der Waals surface area contributed by atoms with Crippen LogP contribution in [-0.4, -0.2) is 12.6 Å². The number of rotatable bonds is 5. The van der Waals surface area contributed by atoms with Crippen LogP contribution >= 0.6 is 0 Å². The molecule has 96 valence electrons. The molecule has 2 rings (SSSR count). The summed E-state index contributed by atoms with van der Waals surface area (Å²) in [5.41, 5.74) is 1.26. The predicted octanol–water partition coefficient (Wildman–Crippen LogP) is 2.87. The van der Waals surface area contributed by atoms with E-state index in [1.165, 1.54) is 24.8 Å². The van der Waals surface area contributed by atoms with Crippen molar-refractivity contribution in [1.82, 2.24) is 5.32 Å². The van der Waals surface area contributed by atoms with Crippen LogP contribution in [0.1, 0.15) is 31.7 Å². The van der Waals surface area contributed by atoms with Gasteiger partial charge in [0.05, 0.1) is 0 Å². The smallest absolute Gasteiger partial charge is 0.174 e. The maximum absolute atomic E-state index is 8.43. The van der Waals surface area contributed by atoms with Crippen molar-refractivity contribution < 1.29 is 4.74 Å². The SMILES string of the molecule is CC1CCCC1NCc1ccc(OCC#N)cc1. The van der Waals surface area contributed by atoms with Crippen LogP contribution in [0, 0.1) is 17.2 Å². The Morgan fingerprint density at radius 1 is 1.33 bits per heavy atom. The molecule has 3 nitrogen and oxygen atoms in total. The first-order valence-electron chi connectivity index (χ1n) is 6.61. The van der Waals surface area contributed by atoms with Crippen molar-refractivity contribution in [2.45, 2.75) is 38.8 Å². The van der Waals surface area contributed by atoms with Gasteiger partial charge in [-0.15, -0.1) is 0 Å². The third-order valence-electron chi connectivity index (χ3n) is 3.66. The first kappa shape index (κ1) is 12.9. The van der Waals surface area contributed by atoms with Gasteiger partial charge in [-0.2, -0.15) is 5.26 Å². The molecule has 0 heterocycles. The fourth-order valence-corrected chi connectivity index (χ4v) is 2.52. The van der Waals surface area contributed by atoms with Gasteiger partial charge < -0.3 is 10.1 Å². The first-order valence-corrected chi connectivity index (χ1v) is 6.61. The largest absolute Gasteiger partial charge is 0.479 e. The highest BCUT2D eigenvalue weighted by Crippen LogP contribution is 2.25. The van der Waals surface area contributed by atoms with Gasteiger partial charge >= 0.3 is 0 Å². The summed E-state index contributed by atoms with van der Waals surface area (Å²) in [6.45, 7) is 3.34. The summed E-state index contributed by atoms with van der Waals surface area (Å²) in [4.78, 5) is 0. The molecule has 2 unspecified atom stereocenters. The summed E-state index contributed by atoms with van der Waals surface area (Å²) in [6, 6.07) is 10.6. The lowest BCUT2D eigenvalue weighted by atomic mass is 10.1. The molecule has 0 aromatic heterocycles. The monoisotopic (exact) mass is 244 g/mol. The molecule has 0 saturated heterocycles. The van der Waals surface area contributed by atoms with E-state index in [-0.39, 0.29) is 6.61 Å². The number of nitrogens with zero attached hydrogens (tertiary/aromatic N) is 1. The van der Waals surface area contributed by atoms with Crippen molar-refractivity contribution in [3.8, 4) is 11.8 Å². The van der Waals surface area contributed by atoms with E-state index >= 15 is 0 Å². The number of benzene rings is 1. The molecular weight excluding hydrogens is 224 g/mol. The van der Waals surface area contributed by atoms with Gasteiger partial charge in [0.2, 0.25) is 0 Å². The zero-order chi connectivity index (χ0) is 12.8. The normalized spacial score (nSPS) is 22.7. The molecule has 1 aromatic rings. The van der Waals surface area contributed by atoms with Gasteiger partial charge in [-0.05, 0) is 36.5 Å². The highest BCUT2D eigenvalue weighted by molar-refractivity contribution is 5.27. The second kappa shape index (κ2) is 6.42. The van der Waals surface area contributed by atoms with Gasteiger partial charge in [0.25, 0.3) is 0 Å². The highest BCUT2D eigenvalue weighted by atomic mass is 16.5. The van der Waals surface area contributed by atoms with E-state index in [9.17, 15) is 0 Å². The lowest BCUT2D eigenvalue weighted by Gasteiger charge is -2.17. The summed E-state index contributed by atoms with van der Waals surface area (Å²) >= 11 is 0. The Hall–Kier alpha value is -1.53. The number of nitriles is 1. The van der Waals surface area contributed by atoms with Gasteiger partial charge in [0.1, 0.15) is 11.8 Å². The van der Waals surface area contributed by atoms with E-state index in [0.717, 1.165) is 18.2 Å². The molecule has 2 atom stereocenters. The minimum atomic E-state index is 0.108. The molecule has 1 aromatic carbocycles. The van der Waals surface area contributed by atoms with E-state index in [2.05, 4.69) is 24.4 Å². The van der Waals surface area contributed by atoms with Crippen molar-refractivity contribution in [2.24, 2.45) is 5.92 Å². The summed E-state index contributed by atoms with van der Waals surface area (Å²) < 4.78 is 5.22. The van der Waals surface area contributed by atoms with Crippen molar-refractivity contribution in [1.29, 1.82) is 5.26 Å². The highest BCUT2D eigenvalue weighted by Gasteiger charge is 2.22. The molecule has 1 fully saturated rings. The van der Waals surface area contributed by atoms with E-state index < -0.39 is 0 Å². The number of hydrogen-bond acceptors (Lipinski definition) is 3. The standard InChI is InChI=1S/C15H20N2O/c1-12-3-2-4-15(12)17-11-13-5-7-14(8-6-13)18-10-9-16/h5-8,12,15,17H,2-4,10-11H2,1H3. The second-order valence-corrected chi connectivity index (χ2v) is 4.99. The van der Waals surface area contributed by atoms with Crippen molar-refractivity contribution >= 4 is 0 Å². The quantitative estimate of drug-likeness (QED) is 0.866. The number of nitrogens with one attached hydrogen (secondary N) is 1. The molecular formula is C15H20N2O. The molecule has 0 bridgehead atoms. The van der Waals surface area contributed by atoms with E-state index in [0.29, 0.717) is 6.04 Å². The topological polar surface area (TPSA) is 45.0 Å². The molecule has 1 N–H and O–H groups in total. The Labute approximate surface area is 109 Å². The minimum Gasteiger partial charge on any atom is -0.479 e. The predicted molar refractivity (Wildman–Crippen MR) is 71.2 cm³/mol. The van der Waals surface area contributed by atoms with Crippen molar-refractivity contribution in [3.05, 3.63) is 29.8 Å². The third-order valence-corrected chi connectivity index (χ3v) is 3.66. The van der Waals surface area contributed by atoms with E-state index in [1.807, 2.05) is 18.2 Å². The van der Waals surface area contributed by atoms with Crippen molar-refractivity contribution in [2.75, 3.05) is 6.61 Å². The Kier molecular flexibility index (Phi) is 4.60. The second-order valence-electron chi connectivity index (χ2n) is 4.99. The van der Waals surface area contributed by atoms with Crippen LogP contribution in [0.4, 0.5) is 0 Å². The Balaban J connectivity index is 1.81. The molecule has 0 radical (unpaired) electrons. The van der Waals surface area contributed by atoms with Crippen LogP contribution in [0.25, 0.3) is 0 Å². The average molecular weight is 244 g/mol. The molecule has 1 aliphatic rings. The fourth-order valence-electron chi connectivity index (χ4n) is 2.52. The van der Waals surface area contributed by atoms with Gasteiger partial charge in [0, 0.05) is 12.6 Å². The van der Waals surface area contributed by atoms with Gasteiger partial charge in [0.15, 0.2) is 6.61 Å². The first-order chi connectivity index (χ1) is 8.79. The number of hydrogen-bond donors (Lipinski definition) is 1. The van der Waals surface area contributed by atoms with Crippen LogP contribution in [0.15, 0.2) is 24.3 Å². The summed E-state index contributed by atoms with van der Waals surface area (Å²) in [7, 11) is 0. The minimum absolute atomic E-state index is 0.108. The van der Waals surface area contributed by atoms with Crippen LogP contribution in [0.5, 0.6) is 5.75 Å². The van der Waals surface area contributed by atoms with Crippen LogP contribution < -0.4 is 10.1 Å². The average Bonchev–Trinajstić information content (AvgIpc) is 2.81. The summed E-state index contributed by atoms with van der Waals surface area (Å²) in [5.74, 6) is 1.55. The summed E-state index contributed by atoms with van der Waals surface area (Å²) in [6.07, 6.45) is 3.99. The lowest BCUT2D eigenvalue weighted by Crippen LogP contribution is -2.30. The molecule has 0 amide bonds. The van der Waals surface area contributed by atoms with Crippen LogP contribution in [0.2, 0.25) is 0 Å². The molecule has 1 aliphatic carbocycles. The maximum Gasteiger partial charge on any atom is 0.174 e. The zero-order valence-electron chi connectivity index (χ0n) is 10.9. The molecule has 0 aliphatic heterocycles. The van der Waals surface area contributed by atoms with Crippen molar-refractivity contribution in [3.63, 3.8) is 0 Å². The molecule has 18 heavy (non-hydrogen) atoms. The Morgan fingerprint density at radius 3 is 2.72 bits per heavy atom. The third kappa shape index (κ3) is 3.48. The van der Waals surface area contributed by atoms with Gasteiger partial charge in [-0.25, -0.2) is 0 Å². The van der Waals surface area contributed by atoms with E-state index in [1.54, 1.807) is 0 Å². The van der Waals surface area contributed by atoms with Gasteiger partial charge in [-0.3, -0.25) is 0 Å². The van der Waals surface area contributed by atoms with E-state index in [4.69, 9.17) is 10.00 Å². The molecule has 1 saturated carbocycles. The maximum atomic E-state index is 8.43. The number of ether oxygens (including phenoxy) is 1. The molecule has 3 heteroatoms. The lowest BCUT2D eigenvalue weighted by molar-refractivity contribution is 0.368. The Bertz CT molecular complexity index is 407.